The molecule has 7 aromatic heterocycles. The van der Waals surface area contributed by atoms with E-state index in [4.69, 9.17) is 29.9 Å². The fourth-order valence-electron chi connectivity index (χ4n) is 17.5. The third-order valence-electron chi connectivity index (χ3n) is 22.6. The smallest absolute Gasteiger partial charge is 0.238 e. The minimum atomic E-state index is 0.501. The topological polar surface area (TPSA) is 102 Å². The van der Waals surface area contributed by atoms with E-state index in [1.807, 2.05) is 36.4 Å². The molecule has 526 valence electrons. The molecule has 0 saturated carbocycles. The average Bonchev–Trinajstić information content (AvgIpc) is 1.55. The quantitative estimate of drug-likeness (QED) is 0.121. The molecule has 0 aliphatic heterocycles. The molecule has 11 heteroatoms. The molecule has 23 rings (SSSR count). The molecule has 0 fully saturated rings. The SMILES string of the molecule is c1ccc(-c2ccc3c(c2)c2ccc4c5cc(-c6ccccc6)ccc5n(-c5nc(-c6ccccc6)nc(-c6cccc(-c7ccc8c9ccc%10c%11ccccc%11n(-c%11nc(-c%12ccccc%12)nc(-c%12cccc(-n%13c%14ccccc%14c%14ccccc%14%13)c%12)n%11)c%10c9n(-c9ccccc9)c8c7)c6)n5)c4c2n3-c2ccccc2)cc1. The fraction of sp³-hybridized carbons (Fsp3) is 0. The summed E-state index contributed by atoms with van der Waals surface area (Å²) in [5, 5.41) is 11.2. The zero-order valence-corrected chi connectivity index (χ0v) is 60.8. The molecule has 7 heterocycles. The Balaban J connectivity index is 0.722. The van der Waals surface area contributed by atoms with Crippen molar-refractivity contribution in [1.82, 2.24) is 52.7 Å². The van der Waals surface area contributed by atoms with Gasteiger partial charge in [-0.1, -0.05) is 291 Å². The van der Waals surface area contributed by atoms with Crippen LogP contribution in [0.4, 0.5) is 0 Å². The molecule has 11 nitrogen and oxygen atoms in total. The van der Waals surface area contributed by atoms with Crippen LogP contribution in [0.5, 0.6) is 0 Å². The number of hydrogen-bond acceptors (Lipinski definition) is 6. The lowest BCUT2D eigenvalue weighted by Crippen LogP contribution is -2.07. The van der Waals surface area contributed by atoms with Crippen LogP contribution >= 0.6 is 0 Å². The first-order valence-electron chi connectivity index (χ1n) is 38.2. The Bertz CT molecular complexity index is 7720. The van der Waals surface area contributed by atoms with Crippen molar-refractivity contribution in [1.29, 1.82) is 0 Å². The number of nitrogens with zero attached hydrogens (tertiary/aromatic N) is 11. The second kappa shape index (κ2) is 25.6. The van der Waals surface area contributed by atoms with Gasteiger partial charge in [-0.3, -0.25) is 9.13 Å². The number of hydrogen-bond donors (Lipinski definition) is 0. The number of benzene rings is 16. The molecule has 0 saturated heterocycles. The lowest BCUT2D eigenvalue weighted by atomic mass is 10.0. The number of aromatic nitrogens is 11. The predicted molar refractivity (Wildman–Crippen MR) is 463 cm³/mol. The van der Waals surface area contributed by atoms with Crippen LogP contribution in [0.2, 0.25) is 0 Å². The first kappa shape index (κ1) is 63.6. The van der Waals surface area contributed by atoms with Crippen LogP contribution in [0.3, 0.4) is 0 Å². The Morgan fingerprint density at radius 1 is 0.142 bits per heavy atom. The van der Waals surface area contributed by atoms with Crippen molar-refractivity contribution in [2.75, 3.05) is 0 Å². The van der Waals surface area contributed by atoms with E-state index >= 15 is 0 Å². The number of para-hydroxylation sites is 5. The van der Waals surface area contributed by atoms with E-state index in [1.54, 1.807) is 0 Å². The largest absolute Gasteiger partial charge is 0.309 e. The van der Waals surface area contributed by atoms with Crippen LogP contribution in [0, 0.1) is 0 Å². The Morgan fingerprint density at radius 3 is 0.920 bits per heavy atom. The van der Waals surface area contributed by atoms with Gasteiger partial charge in [-0.15, -0.1) is 0 Å². The minimum absolute atomic E-state index is 0.501. The van der Waals surface area contributed by atoms with Gasteiger partial charge in [0.2, 0.25) is 11.9 Å². The molecule has 0 unspecified atom stereocenters. The van der Waals surface area contributed by atoms with Gasteiger partial charge < -0.3 is 13.7 Å². The maximum Gasteiger partial charge on any atom is 0.238 e. The van der Waals surface area contributed by atoms with Crippen molar-refractivity contribution in [3.05, 3.63) is 382 Å². The van der Waals surface area contributed by atoms with Crippen LogP contribution in [-0.2, 0) is 0 Å². The maximum absolute atomic E-state index is 5.71. The molecule has 23 aromatic rings. The molecule has 0 spiro atoms. The van der Waals surface area contributed by atoms with Gasteiger partial charge in [0.25, 0.3) is 0 Å². The van der Waals surface area contributed by atoms with E-state index < -0.39 is 0 Å². The number of fused-ring (bicyclic) bond motifs is 17. The van der Waals surface area contributed by atoms with E-state index in [2.05, 4.69) is 369 Å². The first-order chi connectivity index (χ1) is 56.0. The molecular formula is C102H63N11. The molecular weight excluding hydrogens is 1380 g/mol. The molecule has 113 heavy (non-hydrogen) atoms. The molecule has 0 aliphatic rings. The number of rotatable bonds is 12. The summed E-state index contributed by atoms with van der Waals surface area (Å²) in [6, 6.07) is 136. The molecule has 0 aliphatic carbocycles. The van der Waals surface area contributed by atoms with Crippen molar-refractivity contribution in [3.8, 4) is 108 Å². The lowest BCUT2D eigenvalue weighted by molar-refractivity contribution is 0.953. The lowest BCUT2D eigenvalue weighted by Gasteiger charge is -2.14. The van der Waals surface area contributed by atoms with Gasteiger partial charge in [0, 0.05) is 93.2 Å². The third-order valence-corrected chi connectivity index (χ3v) is 22.6. The summed E-state index contributed by atoms with van der Waals surface area (Å²) in [6.45, 7) is 0. The highest BCUT2D eigenvalue weighted by atomic mass is 15.2. The zero-order chi connectivity index (χ0) is 74.2. The molecule has 0 amide bonds. The van der Waals surface area contributed by atoms with Crippen molar-refractivity contribution in [2.45, 2.75) is 0 Å². The second-order valence-electron chi connectivity index (χ2n) is 29.0. The summed E-state index contributed by atoms with van der Waals surface area (Å²) < 4.78 is 11.8. The normalized spacial score (nSPS) is 11.9. The molecule has 0 bridgehead atoms. The second-order valence-corrected chi connectivity index (χ2v) is 29.0. The van der Waals surface area contributed by atoms with Gasteiger partial charge in [0.15, 0.2) is 23.3 Å². The highest BCUT2D eigenvalue weighted by Gasteiger charge is 2.28. The van der Waals surface area contributed by atoms with Gasteiger partial charge in [-0.05, 0) is 124 Å². The molecule has 16 aromatic carbocycles. The van der Waals surface area contributed by atoms with Gasteiger partial charge in [0.05, 0.1) is 55.2 Å². The maximum atomic E-state index is 5.71. The van der Waals surface area contributed by atoms with E-state index in [-0.39, 0.29) is 0 Å². The van der Waals surface area contributed by atoms with E-state index in [9.17, 15) is 0 Å². The highest BCUT2D eigenvalue weighted by molar-refractivity contribution is 6.26. The van der Waals surface area contributed by atoms with Crippen LogP contribution in [0.25, 0.3) is 217 Å². The van der Waals surface area contributed by atoms with Gasteiger partial charge in [-0.2, -0.15) is 19.9 Å². The molecule has 0 radical (unpaired) electrons. The third kappa shape index (κ3) is 10.2. The van der Waals surface area contributed by atoms with Crippen LogP contribution in [0.1, 0.15) is 0 Å². The summed E-state index contributed by atoms with van der Waals surface area (Å²) in [4.78, 5) is 33.2. The fourth-order valence-corrected chi connectivity index (χ4v) is 17.5. The summed E-state index contributed by atoms with van der Waals surface area (Å²) >= 11 is 0. The summed E-state index contributed by atoms with van der Waals surface area (Å²) in [7, 11) is 0. The van der Waals surface area contributed by atoms with E-state index in [0.29, 0.717) is 35.2 Å². The van der Waals surface area contributed by atoms with E-state index in [0.717, 1.165) is 171 Å². The van der Waals surface area contributed by atoms with Crippen LogP contribution in [-0.4, -0.2) is 52.7 Å². The van der Waals surface area contributed by atoms with Gasteiger partial charge in [-0.25, -0.2) is 9.97 Å². The Labute approximate surface area is 647 Å². The van der Waals surface area contributed by atoms with Gasteiger partial charge >= 0.3 is 0 Å². The van der Waals surface area contributed by atoms with Crippen molar-refractivity contribution in [2.24, 2.45) is 0 Å². The first-order valence-corrected chi connectivity index (χ1v) is 38.2. The Kier molecular flexibility index (Phi) is 14.4. The van der Waals surface area contributed by atoms with E-state index in [1.165, 1.54) is 10.8 Å². The van der Waals surface area contributed by atoms with Crippen LogP contribution in [0.15, 0.2) is 382 Å². The monoisotopic (exact) mass is 1440 g/mol. The Hall–Kier alpha value is -15.5. The summed E-state index contributed by atoms with van der Waals surface area (Å²) in [5.41, 5.74) is 23.5. The van der Waals surface area contributed by atoms with Crippen molar-refractivity contribution < 1.29 is 0 Å². The van der Waals surface area contributed by atoms with Crippen molar-refractivity contribution in [3.63, 3.8) is 0 Å². The molecule has 0 N–H and O–H groups in total. The standard InChI is InChI=1S/C102H63N11/c1-7-27-64(28-8-1)69-50-57-90-85(61-69)83-55-56-84-86-62-70(65-29-9-2-10-30-65)51-58-91(86)113(96(84)94(83)110(90)74-38-15-5-16-39-74)102-106-97(66-31-11-3-12-32-66)103-99(107-102)72-36-25-35-68(59-72)71-49-52-80-82-54-53-81-79-45-21-24-48-89(79)112(95(81)93(82)111(92(80)63-71)75-40-17-6-18-41-75)101-105-98(67-33-13-4-14-34-67)104-100(108-101)73-37-26-42-76(60-73)109-87-46-22-19-43-77(87)78-44-20-23-47-88(78)109/h1-63H. The van der Waals surface area contributed by atoms with Crippen molar-refractivity contribution >= 4 is 109 Å². The van der Waals surface area contributed by atoms with Gasteiger partial charge in [0.1, 0.15) is 0 Å². The summed E-state index contributed by atoms with van der Waals surface area (Å²) in [6.07, 6.45) is 0. The molecule has 0 atom stereocenters. The highest BCUT2D eigenvalue weighted by Crippen LogP contribution is 2.47. The minimum Gasteiger partial charge on any atom is -0.309 e. The average molecular weight is 1440 g/mol. The Morgan fingerprint density at radius 2 is 0.434 bits per heavy atom. The summed E-state index contributed by atoms with van der Waals surface area (Å²) in [5.74, 6) is 3.23. The van der Waals surface area contributed by atoms with Crippen LogP contribution < -0.4 is 0 Å². The zero-order valence-electron chi connectivity index (χ0n) is 60.8. The predicted octanol–water partition coefficient (Wildman–Crippen LogP) is 25.2.